The van der Waals surface area contributed by atoms with Crippen LogP contribution in [-0.2, 0) is 4.74 Å². The van der Waals surface area contributed by atoms with Crippen LogP contribution < -0.4 is 28.6 Å². The number of carbonyl (C=O) groups is 1. The fourth-order valence-corrected chi connectivity index (χ4v) is 5.41. The lowest BCUT2D eigenvalue weighted by atomic mass is 10.1. The number of ether oxygens (including phenoxy) is 6. The molecular weight excluding hydrogens is 498 g/mol. The Labute approximate surface area is 220 Å². The molecule has 2 aromatic carbocycles. The van der Waals surface area contributed by atoms with Gasteiger partial charge in [-0.25, -0.2) is 4.98 Å². The fraction of sp³-hybridized carbons (Fsp3) is 0.462. The van der Waals surface area contributed by atoms with Crippen molar-refractivity contribution in [2.24, 2.45) is 0 Å². The van der Waals surface area contributed by atoms with Gasteiger partial charge in [0.25, 0.3) is 5.91 Å². The van der Waals surface area contributed by atoms with E-state index in [1.807, 2.05) is 12.1 Å². The maximum absolute atomic E-state index is 14.0. The van der Waals surface area contributed by atoms with E-state index < -0.39 is 0 Å². The molecule has 1 aromatic heterocycles. The summed E-state index contributed by atoms with van der Waals surface area (Å²) in [5.41, 5.74) is 1.05. The zero-order valence-electron chi connectivity index (χ0n) is 21.9. The molecule has 37 heavy (non-hydrogen) atoms. The molecule has 200 valence electrons. The highest BCUT2D eigenvalue weighted by molar-refractivity contribution is 7.22. The minimum atomic E-state index is -0.224. The molecule has 2 heterocycles. The number of thiazole rings is 1. The van der Waals surface area contributed by atoms with Crippen molar-refractivity contribution in [1.29, 1.82) is 0 Å². The smallest absolute Gasteiger partial charge is 0.260 e. The quantitative estimate of drug-likeness (QED) is 0.367. The number of fused-ring (bicyclic) bond motifs is 1. The largest absolute Gasteiger partial charge is 0.495 e. The van der Waals surface area contributed by atoms with E-state index >= 15 is 0 Å². The van der Waals surface area contributed by atoms with E-state index in [4.69, 9.17) is 33.4 Å². The molecule has 1 aliphatic heterocycles. The van der Waals surface area contributed by atoms with E-state index in [9.17, 15) is 4.79 Å². The van der Waals surface area contributed by atoms with Crippen molar-refractivity contribution in [2.45, 2.75) is 6.42 Å². The summed E-state index contributed by atoms with van der Waals surface area (Å²) in [4.78, 5) is 22.9. The van der Waals surface area contributed by atoms with Crippen molar-refractivity contribution in [1.82, 2.24) is 9.88 Å². The van der Waals surface area contributed by atoms with Crippen molar-refractivity contribution in [2.75, 3.05) is 79.8 Å². The number of morpholine rings is 1. The van der Waals surface area contributed by atoms with Crippen LogP contribution in [-0.4, -0.2) is 90.7 Å². The molecule has 11 heteroatoms. The summed E-state index contributed by atoms with van der Waals surface area (Å²) in [6, 6.07) is 6.97. The molecule has 0 aliphatic carbocycles. The van der Waals surface area contributed by atoms with Gasteiger partial charge in [-0.3, -0.25) is 14.6 Å². The monoisotopic (exact) mass is 531 g/mol. The fourth-order valence-electron chi connectivity index (χ4n) is 4.31. The summed E-state index contributed by atoms with van der Waals surface area (Å²) in [6.45, 7) is 4.54. The van der Waals surface area contributed by atoms with Gasteiger partial charge in [-0.2, -0.15) is 0 Å². The Kier molecular flexibility index (Phi) is 8.91. The van der Waals surface area contributed by atoms with Crippen LogP contribution in [0.25, 0.3) is 10.2 Å². The summed E-state index contributed by atoms with van der Waals surface area (Å²) in [5.74, 6) is 2.31. The molecule has 0 N–H and O–H groups in total. The highest BCUT2D eigenvalue weighted by Gasteiger charge is 2.26. The van der Waals surface area contributed by atoms with Gasteiger partial charge in [0.1, 0.15) is 21.7 Å². The van der Waals surface area contributed by atoms with Gasteiger partial charge in [0.2, 0.25) is 5.75 Å². The molecule has 3 aromatic rings. The second kappa shape index (κ2) is 12.3. The van der Waals surface area contributed by atoms with E-state index in [1.165, 1.54) is 32.7 Å². The van der Waals surface area contributed by atoms with Crippen LogP contribution in [0, 0.1) is 0 Å². The number of methoxy groups -OCH3 is 5. The second-order valence-corrected chi connectivity index (χ2v) is 9.30. The molecule has 4 rings (SSSR count). The number of amides is 1. The molecule has 10 nitrogen and oxygen atoms in total. The number of anilines is 1. The van der Waals surface area contributed by atoms with Crippen LogP contribution >= 0.6 is 11.3 Å². The molecule has 1 aliphatic rings. The predicted molar refractivity (Wildman–Crippen MR) is 142 cm³/mol. The Morgan fingerprint density at radius 3 is 2.16 bits per heavy atom. The van der Waals surface area contributed by atoms with Crippen LogP contribution in [0.5, 0.6) is 28.7 Å². The summed E-state index contributed by atoms with van der Waals surface area (Å²) >= 11 is 1.39. The van der Waals surface area contributed by atoms with Crippen molar-refractivity contribution in [3.63, 3.8) is 0 Å². The summed E-state index contributed by atoms with van der Waals surface area (Å²) in [7, 11) is 7.79. The Morgan fingerprint density at radius 1 is 0.946 bits per heavy atom. The van der Waals surface area contributed by atoms with Gasteiger partial charge in [0, 0.05) is 31.7 Å². The number of carbonyl (C=O) groups excluding carboxylic acids is 1. The highest BCUT2D eigenvalue weighted by Crippen LogP contribution is 2.42. The van der Waals surface area contributed by atoms with E-state index in [0.717, 1.165) is 44.0 Å². The lowest BCUT2D eigenvalue weighted by Crippen LogP contribution is -2.39. The van der Waals surface area contributed by atoms with Gasteiger partial charge >= 0.3 is 0 Å². The number of benzene rings is 2. The third kappa shape index (κ3) is 5.68. The van der Waals surface area contributed by atoms with Gasteiger partial charge in [-0.05, 0) is 30.7 Å². The zero-order valence-corrected chi connectivity index (χ0v) is 22.7. The molecule has 1 amide bonds. The Hall–Kier alpha value is -3.28. The standard InChI is InChI=1S/C26H33N3O7S/c1-31-18-7-8-19(32-2)24-22(18)27-26(37-24)29(10-6-9-28-11-13-36-14-12-28)25(30)17-15-20(33-3)23(35-5)21(16-17)34-4/h7-8,15-16H,6,9-14H2,1-5H3. The number of hydrogen-bond donors (Lipinski definition) is 0. The van der Waals surface area contributed by atoms with Crippen LogP contribution in [0.4, 0.5) is 5.13 Å². The molecule has 0 unspecified atom stereocenters. The first-order chi connectivity index (χ1) is 18.0. The topological polar surface area (TPSA) is 91.8 Å². The maximum Gasteiger partial charge on any atom is 0.260 e. The first-order valence-corrected chi connectivity index (χ1v) is 12.8. The number of hydrogen-bond acceptors (Lipinski definition) is 10. The maximum atomic E-state index is 14.0. The second-order valence-electron chi connectivity index (χ2n) is 8.32. The Balaban J connectivity index is 1.72. The van der Waals surface area contributed by atoms with Gasteiger partial charge < -0.3 is 28.4 Å². The van der Waals surface area contributed by atoms with Gasteiger partial charge in [0.05, 0.1) is 48.8 Å². The van der Waals surface area contributed by atoms with Gasteiger partial charge in [0.15, 0.2) is 16.6 Å². The number of aromatic nitrogens is 1. The van der Waals surface area contributed by atoms with Crippen LogP contribution in [0.1, 0.15) is 16.8 Å². The van der Waals surface area contributed by atoms with Crippen molar-refractivity contribution in [3.8, 4) is 28.7 Å². The molecule has 1 fully saturated rings. The molecule has 0 atom stereocenters. The van der Waals surface area contributed by atoms with Gasteiger partial charge in [-0.15, -0.1) is 0 Å². The van der Waals surface area contributed by atoms with E-state index in [0.29, 0.717) is 51.5 Å². The average Bonchev–Trinajstić information content (AvgIpc) is 3.39. The lowest BCUT2D eigenvalue weighted by Gasteiger charge is -2.28. The van der Waals surface area contributed by atoms with Crippen LogP contribution in [0.2, 0.25) is 0 Å². The normalized spacial score (nSPS) is 13.9. The molecule has 1 saturated heterocycles. The first-order valence-electron chi connectivity index (χ1n) is 12.0. The number of rotatable bonds is 11. The minimum Gasteiger partial charge on any atom is -0.495 e. The highest BCUT2D eigenvalue weighted by atomic mass is 32.1. The Bertz CT molecular complexity index is 1160. The molecule has 0 spiro atoms. The summed E-state index contributed by atoms with van der Waals surface area (Å²) in [5, 5.41) is 0.554. The molecule has 0 saturated carbocycles. The van der Waals surface area contributed by atoms with E-state index in [-0.39, 0.29) is 5.91 Å². The molecular formula is C26H33N3O7S. The zero-order chi connectivity index (χ0) is 26.4. The lowest BCUT2D eigenvalue weighted by molar-refractivity contribution is 0.0376. The average molecular weight is 532 g/mol. The van der Waals surface area contributed by atoms with Crippen molar-refractivity contribution in [3.05, 3.63) is 29.8 Å². The predicted octanol–water partition coefficient (Wildman–Crippen LogP) is 3.71. The third-order valence-corrected chi connectivity index (χ3v) is 7.34. The summed E-state index contributed by atoms with van der Waals surface area (Å²) < 4.78 is 33.8. The molecule has 0 radical (unpaired) electrons. The van der Waals surface area contributed by atoms with Crippen LogP contribution in [0.3, 0.4) is 0 Å². The van der Waals surface area contributed by atoms with Crippen molar-refractivity contribution < 1.29 is 33.2 Å². The van der Waals surface area contributed by atoms with E-state index in [2.05, 4.69) is 4.90 Å². The SMILES string of the molecule is COc1cc(C(=O)N(CCCN2CCOCC2)c2nc3c(OC)ccc(OC)c3s2)cc(OC)c1OC. The van der Waals surface area contributed by atoms with E-state index in [1.54, 1.807) is 31.3 Å². The van der Waals surface area contributed by atoms with Crippen molar-refractivity contribution >= 4 is 32.6 Å². The molecule has 0 bridgehead atoms. The number of nitrogens with zero attached hydrogens (tertiary/aromatic N) is 3. The minimum absolute atomic E-state index is 0.224. The first kappa shape index (κ1) is 26.8. The Morgan fingerprint density at radius 2 is 1.57 bits per heavy atom. The summed E-state index contributed by atoms with van der Waals surface area (Å²) in [6.07, 6.45) is 0.764. The van der Waals surface area contributed by atoms with Gasteiger partial charge in [-0.1, -0.05) is 11.3 Å². The van der Waals surface area contributed by atoms with Crippen LogP contribution in [0.15, 0.2) is 24.3 Å². The third-order valence-electron chi connectivity index (χ3n) is 6.25.